The summed E-state index contributed by atoms with van der Waals surface area (Å²) < 4.78 is 1.77. The zero-order valence-corrected chi connectivity index (χ0v) is 13.8. The van der Waals surface area contributed by atoms with Gasteiger partial charge in [-0.3, -0.25) is 4.79 Å². The first-order valence-corrected chi connectivity index (χ1v) is 7.89. The Morgan fingerprint density at radius 1 is 1.26 bits per heavy atom. The number of halogens is 1. The lowest BCUT2D eigenvalue weighted by Crippen LogP contribution is -2.44. The van der Waals surface area contributed by atoms with Gasteiger partial charge in [0.05, 0.1) is 5.69 Å². The molecule has 0 spiro atoms. The Bertz CT molecular complexity index is 612. The van der Waals surface area contributed by atoms with Crippen molar-refractivity contribution in [3.05, 3.63) is 48.3 Å². The highest BCUT2D eigenvalue weighted by atomic mass is 35.5. The Hall–Kier alpha value is -1.85. The number of benzene rings is 1. The van der Waals surface area contributed by atoms with E-state index in [1.807, 2.05) is 36.5 Å². The van der Waals surface area contributed by atoms with Crippen LogP contribution in [0.25, 0.3) is 5.69 Å². The van der Waals surface area contributed by atoms with Gasteiger partial charge in [0.1, 0.15) is 0 Å². The molecular formula is C17H23ClN4O. The van der Waals surface area contributed by atoms with Crippen LogP contribution in [-0.4, -0.2) is 28.3 Å². The lowest BCUT2D eigenvalue weighted by Gasteiger charge is -2.31. The highest BCUT2D eigenvalue weighted by Crippen LogP contribution is 2.23. The second kappa shape index (κ2) is 8.13. The van der Waals surface area contributed by atoms with Gasteiger partial charge in [0.25, 0.3) is 5.91 Å². The van der Waals surface area contributed by atoms with E-state index in [0.29, 0.717) is 18.0 Å². The molecule has 2 aromatic rings. The fourth-order valence-corrected chi connectivity index (χ4v) is 3.12. The van der Waals surface area contributed by atoms with Crippen molar-refractivity contribution >= 4 is 18.3 Å². The molecular weight excluding hydrogens is 312 g/mol. The minimum absolute atomic E-state index is 0. The van der Waals surface area contributed by atoms with Crippen molar-refractivity contribution in [1.82, 2.24) is 15.1 Å². The summed E-state index contributed by atoms with van der Waals surface area (Å²) in [6, 6.07) is 9.57. The maximum Gasteiger partial charge on any atom is 0.251 e. The van der Waals surface area contributed by atoms with Gasteiger partial charge in [0, 0.05) is 24.0 Å². The van der Waals surface area contributed by atoms with Crippen LogP contribution >= 0.6 is 12.4 Å². The predicted octanol–water partition coefficient (Wildman–Crippen LogP) is 2.54. The Morgan fingerprint density at radius 2 is 2.00 bits per heavy atom. The zero-order chi connectivity index (χ0) is 15.4. The SMILES string of the molecule is Cl.NCC1CCCCC1NC(=O)c1ccc(-n2cccn2)cc1. The molecule has 1 aliphatic rings. The largest absolute Gasteiger partial charge is 0.349 e. The van der Waals surface area contributed by atoms with E-state index in [4.69, 9.17) is 5.73 Å². The molecule has 1 aromatic heterocycles. The van der Waals surface area contributed by atoms with Crippen LogP contribution in [0.3, 0.4) is 0 Å². The van der Waals surface area contributed by atoms with E-state index >= 15 is 0 Å². The van der Waals surface area contributed by atoms with Gasteiger partial charge in [0.15, 0.2) is 0 Å². The lowest BCUT2D eigenvalue weighted by molar-refractivity contribution is 0.0908. The molecule has 0 radical (unpaired) electrons. The molecule has 124 valence electrons. The number of hydrogen-bond donors (Lipinski definition) is 2. The number of nitrogens with two attached hydrogens (primary N) is 1. The summed E-state index contributed by atoms with van der Waals surface area (Å²) in [7, 11) is 0. The number of amides is 1. The predicted molar refractivity (Wildman–Crippen MR) is 93.1 cm³/mol. The zero-order valence-electron chi connectivity index (χ0n) is 13.0. The number of carbonyl (C=O) groups is 1. The van der Waals surface area contributed by atoms with Crippen molar-refractivity contribution in [2.24, 2.45) is 11.7 Å². The summed E-state index contributed by atoms with van der Waals surface area (Å²) in [5.74, 6) is 0.387. The first kappa shape index (κ1) is 17.5. The molecule has 1 fully saturated rings. The van der Waals surface area contributed by atoms with Gasteiger partial charge in [-0.1, -0.05) is 12.8 Å². The third-order valence-corrected chi connectivity index (χ3v) is 4.43. The molecule has 3 N–H and O–H groups in total. The van der Waals surface area contributed by atoms with Crippen LogP contribution in [0.4, 0.5) is 0 Å². The molecule has 0 aliphatic heterocycles. The van der Waals surface area contributed by atoms with E-state index in [1.54, 1.807) is 10.9 Å². The molecule has 1 amide bonds. The number of carbonyl (C=O) groups excluding carboxylic acids is 1. The Morgan fingerprint density at radius 3 is 2.65 bits per heavy atom. The number of nitrogens with one attached hydrogen (secondary N) is 1. The van der Waals surface area contributed by atoms with Crippen LogP contribution in [0.15, 0.2) is 42.7 Å². The van der Waals surface area contributed by atoms with Crippen molar-refractivity contribution in [3.8, 4) is 5.69 Å². The molecule has 6 heteroatoms. The molecule has 1 saturated carbocycles. The fraction of sp³-hybridized carbons (Fsp3) is 0.412. The summed E-state index contributed by atoms with van der Waals surface area (Å²) in [6.07, 6.45) is 8.13. The van der Waals surface area contributed by atoms with Gasteiger partial charge < -0.3 is 11.1 Å². The summed E-state index contributed by atoms with van der Waals surface area (Å²) in [5, 5.41) is 7.33. The Labute approximate surface area is 142 Å². The molecule has 1 aliphatic carbocycles. The second-order valence-electron chi connectivity index (χ2n) is 5.86. The van der Waals surface area contributed by atoms with Gasteiger partial charge in [-0.2, -0.15) is 5.10 Å². The van der Waals surface area contributed by atoms with Crippen molar-refractivity contribution in [2.45, 2.75) is 31.7 Å². The molecule has 23 heavy (non-hydrogen) atoms. The van der Waals surface area contributed by atoms with Crippen LogP contribution in [0, 0.1) is 5.92 Å². The molecule has 2 unspecified atom stereocenters. The summed E-state index contributed by atoms with van der Waals surface area (Å²) in [5.41, 5.74) is 7.44. The van der Waals surface area contributed by atoms with Crippen molar-refractivity contribution in [1.29, 1.82) is 0 Å². The molecule has 1 aromatic carbocycles. The highest BCUT2D eigenvalue weighted by Gasteiger charge is 2.25. The maximum absolute atomic E-state index is 12.4. The van der Waals surface area contributed by atoms with E-state index in [2.05, 4.69) is 10.4 Å². The van der Waals surface area contributed by atoms with Crippen LogP contribution in [0.1, 0.15) is 36.0 Å². The van der Waals surface area contributed by atoms with Crippen molar-refractivity contribution < 1.29 is 4.79 Å². The molecule has 2 atom stereocenters. The fourth-order valence-electron chi connectivity index (χ4n) is 3.12. The minimum Gasteiger partial charge on any atom is -0.349 e. The average Bonchev–Trinajstić information content (AvgIpc) is 3.10. The smallest absolute Gasteiger partial charge is 0.251 e. The van der Waals surface area contributed by atoms with Crippen LogP contribution in [0.2, 0.25) is 0 Å². The third-order valence-electron chi connectivity index (χ3n) is 4.43. The molecule has 5 nitrogen and oxygen atoms in total. The van der Waals surface area contributed by atoms with Gasteiger partial charge in [-0.15, -0.1) is 12.4 Å². The van der Waals surface area contributed by atoms with Crippen molar-refractivity contribution in [3.63, 3.8) is 0 Å². The van der Waals surface area contributed by atoms with Gasteiger partial charge in [-0.25, -0.2) is 4.68 Å². The quantitative estimate of drug-likeness (QED) is 0.902. The van der Waals surface area contributed by atoms with Crippen LogP contribution < -0.4 is 11.1 Å². The number of aromatic nitrogens is 2. The standard InChI is InChI=1S/C17H22N4O.ClH/c18-12-14-4-1-2-5-16(14)20-17(22)13-6-8-15(9-7-13)21-11-3-10-19-21;/h3,6-11,14,16H,1-2,4-5,12,18H2,(H,20,22);1H. The van der Waals surface area contributed by atoms with E-state index in [0.717, 1.165) is 18.5 Å². The summed E-state index contributed by atoms with van der Waals surface area (Å²) in [4.78, 5) is 12.4. The third kappa shape index (κ3) is 4.12. The summed E-state index contributed by atoms with van der Waals surface area (Å²) in [6.45, 7) is 0.642. The van der Waals surface area contributed by atoms with Crippen LogP contribution in [-0.2, 0) is 0 Å². The minimum atomic E-state index is -0.0163. The molecule has 3 rings (SSSR count). The monoisotopic (exact) mass is 334 g/mol. The molecule has 0 saturated heterocycles. The lowest BCUT2D eigenvalue weighted by atomic mass is 9.84. The second-order valence-corrected chi connectivity index (χ2v) is 5.86. The molecule has 1 heterocycles. The normalized spacial score (nSPS) is 20.6. The highest BCUT2D eigenvalue weighted by molar-refractivity contribution is 5.94. The van der Waals surface area contributed by atoms with Crippen molar-refractivity contribution in [2.75, 3.05) is 6.54 Å². The van der Waals surface area contributed by atoms with Crippen LogP contribution in [0.5, 0.6) is 0 Å². The number of hydrogen-bond acceptors (Lipinski definition) is 3. The van der Waals surface area contributed by atoms with Gasteiger partial charge in [-0.05, 0) is 55.6 Å². The van der Waals surface area contributed by atoms with E-state index in [-0.39, 0.29) is 24.4 Å². The Balaban J connectivity index is 0.00000192. The van der Waals surface area contributed by atoms with E-state index in [9.17, 15) is 4.79 Å². The maximum atomic E-state index is 12.4. The number of rotatable bonds is 4. The first-order valence-electron chi connectivity index (χ1n) is 7.89. The molecule has 0 bridgehead atoms. The number of nitrogens with zero attached hydrogens (tertiary/aromatic N) is 2. The van der Waals surface area contributed by atoms with E-state index < -0.39 is 0 Å². The van der Waals surface area contributed by atoms with Gasteiger partial charge in [0.2, 0.25) is 0 Å². The average molecular weight is 335 g/mol. The first-order chi connectivity index (χ1) is 10.8. The summed E-state index contributed by atoms with van der Waals surface area (Å²) >= 11 is 0. The topological polar surface area (TPSA) is 72.9 Å². The van der Waals surface area contributed by atoms with E-state index in [1.165, 1.54) is 12.8 Å². The Kier molecular flexibility index (Phi) is 6.19. The van der Waals surface area contributed by atoms with Gasteiger partial charge >= 0.3 is 0 Å².